The quantitative estimate of drug-likeness (QED) is 0.444. The summed E-state index contributed by atoms with van der Waals surface area (Å²) in [7, 11) is 0. The van der Waals surface area contributed by atoms with Gasteiger partial charge in [0.1, 0.15) is 17.0 Å². The summed E-state index contributed by atoms with van der Waals surface area (Å²) in [5.74, 6) is 0.945. The number of benzene rings is 1. The molecule has 1 aromatic heterocycles. The van der Waals surface area contributed by atoms with Crippen LogP contribution in [-0.2, 0) is 37.6 Å². The number of anilines is 2. The zero-order valence-corrected chi connectivity index (χ0v) is 23.1. The van der Waals surface area contributed by atoms with E-state index in [1.54, 1.807) is 11.8 Å². The third-order valence-electron chi connectivity index (χ3n) is 6.89. The average molecular weight is 529 g/mol. The Labute approximate surface area is 222 Å². The number of nitrogens with one attached hydrogen (secondary N) is 1. The lowest BCUT2D eigenvalue weighted by Crippen LogP contribution is -2.45. The van der Waals surface area contributed by atoms with Crippen molar-refractivity contribution in [2.24, 2.45) is 0 Å². The van der Waals surface area contributed by atoms with Crippen LogP contribution in [0.1, 0.15) is 62.6 Å². The summed E-state index contributed by atoms with van der Waals surface area (Å²) in [5, 5.41) is 3.63. The number of carbonyl (C=O) groups excluding carboxylic acids is 1. The Bertz CT molecular complexity index is 1160. The second-order valence-corrected chi connectivity index (χ2v) is 11.5. The Morgan fingerprint density at radius 3 is 2.86 bits per heavy atom. The molecule has 1 N–H and O–H groups in total. The van der Waals surface area contributed by atoms with Gasteiger partial charge < -0.3 is 23.8 Å². The number of ether oxygens (including phenoxy) is 4. The molecule has 9 nitrogen and oxygen atoms in total. The Kier molecular flexibility index (Phi) is 7.37. The van der Waals surface area contributed by atoms with Crippen molar-refractivity contribution in [1.82, 2.24) is 9.97 Å². The fourth-order valence-corrected chi connectivity index (χ4v) is 5.51. The molecule has 0 unspecified atom stereocenters. The van der Waals surface area contributed by atoms with Crippen LogP contribution in [0.3, 0.4) is 0 Å². The number of rotatable bonds is 3. The SMILES string of the molecule is CSc1nc2c(c(N3CCCOCC3)n1)CO[C@]1(CO[C@@H](C)c3ccc(NC(=O)OC(C)(C)C)cc31)C2. The fraction of sp³-hybridized carbons (Fsp3) is 0.593. The third kappa shape index (κ3) is 5.57. The maximum Gasteiger partial charge on any atom is 0.412 e. The molecular weight excluding hydrogens is 492 g/mol. The van der Waals surface area contributed by atoms with Crippen molar-refractivity contribution in [2.75, 3.05) is 49.4 Å². The van der Waals surface area contributed by atoms with E-state index in [0.717, 1.165) is 59.5 Å². The minimum absolute atomic E-state index is 0.0824. The normalized spacial score (nSPS) is 23.7. The summed E-state index contributed by atoms with van der Waals surface area (Å²) >= 11 is 1.55. The van der Waals surface area contributed by atoms with Crippen molar-refractivity contribution in [1.29, 1.82) is 0 Å². The molecule has 5 rings (SSSR count). The maximum absolute atomic E-state index is 12.5. The van der Waals surface area contributed by atoms with Gasteiger partial charge in [-0.3, -0.25) is 5.32 Å². The van der Waals surface area contributed by atoms with E-state index in [2.05, 4.69) is 10.2 Å². The molecule has 37 heavy (non-hydrogen) atoms. The van der Waals surface area contributed by atoms with Gasteiger partial charge in [-0.05, 0) is 63.6 Å². The van der Waals surface area contributed by atoms with Crippen molar-refractivity contribution in [2.45, 2.75) is 69.6 Å². The molecule has 1 amide bonds. The molecule has 3 aliphatic rings. The molecule has 1 saturated heterocycles. The monoisotopic (exact) mass is 528 g/mol. The van der Waals surface area contributed by atoms with Gasteiger partial charge in [0.25, 0.3) is 0 Å². The molecule has 0 aliphatic carbocycles. The fourth-order valence-electron chi connectivity index (χ4n) is 5.13. The summed E-state index contributed by atoms with van der Waals surface area (Å²) < 4.78 is 24.0. The second kappa shape index (κ2) is 10.4. The van der Waals surface area contributed by atoms with E-state index in [4.69, 9.17) is 28.9 Å². The first-order chi connectivity index (χ1) is 17.7. The van der Waals surface area contributed by atoms with E-state index in [0.29, 0.717) is 31.9 Å². The van der Waals surface area contributed by atoms with Gasteiger partial charge in [0.2, 0.25) is 0 Å². The van der Waals surface area contributed by atoms with Gasteiger partial charge in [-0.25, -0.2) is 14.8 Å². The van der Waals surface area contributed by atoms with Crippen LogP contribution in [0.15, 0.2) is 23.4 Å². The molecule has 10 heteroatoms. The highest BCUT2D eigenvalue weighted by molar-refractivity contribution is 7.98. The van der Waals surface area contributed by atoms with Gasteiger partial charge in [-0.2, -0.15) is 0 Å². The van der Waals surface area contributed by atoms with Gasteiger partial charge in [0.15, 0.2) is 5.16 Å². The lowest BCUT2D eigenvalue weighted by Gasteiger charge is -2.44. The van der Waals surface area contributed by atoms with Crippen LogP contribution in [0.25, 0.3) is 0 Å². The number of carbonyl (C=O) groups is 1. The van der Waals surface area contributed by atoms with Crippen LogP contribution in [-0.4, -0.2) is 60.8 Å². The van der Waals surface area contributed by atoms with Gasteiger partial charge >= 0.3 is 6.09 Å². The molecule has 200 valence electrons. The molecule has 0 saturated carbocycles. The number of nitrogens with zero attached hydrogens (tertiary/aromatic N) is 3. The molecule has 1 fully saturated rings. The van der Waals surface area contributed by atoms with Crippen LogP contribution < -0.4 is 10.2 Å². The van der Waals surface area contributed by atoms with E-state index in [-0.39, 0.29) is 6.10 Å². The van der Waals surface area contributed by atoms with Crippen molar-refractivity contribution in [3.8, 4) is 0 Å². The molecule has 4 heterocycles. The Morgan fingerprint density at radius 2 is 2.08 bits per heavy atom. The highest BCUT2D eigenvalue weighted by Gasteiger charge is 2.45. The summed E-state index contributed by atoms with van der Waals surface area (Å²) in [4.78, 5) is 24.6. The van der Waals surface area contributed by atoms with Crippen LogP contribution in [0, 0.1) is 0 Å². The van der Waals surface area contributed by atoms with E-state index in [1.807, 2.05) is 52.1 Å². The summed E-state index contributed by atoms with van der Waals surface area (Å²) in [6.45, 7) is 11.5. The molecule has 1 aromatic carbocycles. The first-order valence-electron chi connectivity index (χ1n) is 12.8. The van der Waals surface area contributed by atoms with Crippen LogP contribution >= 0.6 is 11.8 Å². The molecular formula is C27H36N4O5S. The number of aromatic nitrogens is 2. The lowest BCUT2D eigenvalue weighted by molar-refractivity contribution is -0.148. The van der Waals surface area contributed by atoms with Gasteiger partial charge in [0.05, 0.1) is 31.6 Å². The third-order valence-corrected chi connectivity index (χ3v) is 7.44. The highest BCUT2D eigenvalue weighted by Crippen LogP contribution is 2.46. The summed E-state index contributed by atoms with van der Waals surface area (Å²) in [6.07, 6.45) is 2.96. The standard InChI is InChI=1S/C27H36N4O5S/c1-17-19-8-7-18(28-25(32)36-26(2,3)4)13-21(19)27(16-34-17)14-22-20(15-35-27)23(30-24(29-22)37-5)31-9-6-11-33-12-10-31/h7-8,13,17H,6,9-12,14-16H2,1-5H3,(H,28,32)/t17-,27-/m0/s1. The number of hydrogen-bond acceptors (Lipinski definition) is 9. The maximum atomic E-state index is 12.5. The smallest absolute Gasteiger partial charge is 0.412 e. The molecule has 1 spiro atoms. The van der Waals surface area contributed by atoms with Crippen LogP contribution in [0.4, 0.5) is 16.3 Å². The first kappa shape index (κ1) is 26.2. The van der Waals surface area contributed by atoms with E-state index < -0.39 is 17.3 Å². The zero-order valence-electron chi connectivity index (χ0n) is 22.3. The van der Waals surface area contributed by atoms with Gasteiger partial charge in [-0.15, -0.1) is 0 Å². The highest BCUT2D eigenvalue weighted by atomic mass is 32.2. The summed E-state index contributed by atoms with van der Waals surface area (Å²) in [6, 6.07) is 5.88. The van der Waals surface area contributed by atoms with Crippen LogP contribution in [0.5, 0.6) is 0 Å². The van der Waals surface area contributed by atoms with Crippen molar-refractivity contribution >= 4 is 29.4 Å². The first-order valence-corrected chi connectivity index (χ1v) is 14.1. The van der Waals surface area contributed by atoms with E-state index in [1.165, 1.54) is 0 Å². The Morgan fingerprint density at radius 1 is 1.24 bits per heavy atom. The Hall–Kier alpha value is -2.40. The number of thioether (sulfide) groups is 1. The topological polar surface area (TPSA) is 95.0 Å². The minimum Gasteiger partial charge on any atom is -0.444 e. The number of hydrogen-bond donors (Lipinski definition) is 1. The summed E-state index contributed by atoms with van der Waals surface area (Å²) in [5.41, 5.74) is 3.46. The lowest BCUT2D eigenvalue weighted by atomic mass is 9.80. The second-order valence-electron chi connectivity index (χ2n) is 10.8. The minimum atomic E-state index is -0.705. The largest absolute Gasteiger partial charge is 0.444 e. The number of fused-ring (bicyclic) bond motifs is 3. The molecule has 3 aliphatic heterocycles. The zero-order chi connectivity index (χ0) is 26.2. The van der Waals surface area contributed by atoms with E-state index >= 15 is 0 Å². The van der Waals surface area contributed by atoms with Crippen molar-refractivity contribution in [3.05, 3.63) is 40.6 Å². The molecule has 2 aromatic rings. The van der Waals surface area contributed by atoms with Crippen molar-refractivity contribution in [3.63, 3.8) is 0 Å². The molecule has 2 atom stereocenters. The predicted molar refractivity (Wildman–Crippen MR) is 142 cm³/mol. The van der Waals surface area contributed by atoms with Gasteiger partial charge in [0, 0.05) is 37.4 Å². The van der Waals surface area contributed by atoms with Crippen LogP contribution in [0.2, 0.25) is 0 Å². The average Bonchev–Trinajstić information content (AvgIpc) is 3.14. The van der Waals surface area contributed by atoms with E-state index in [9.17, 15) is 4.79 Å². The molecule has 0 bridgehead atoms. The van der Waals surface area contributed by atoms with Gasteiger partial charge in [-0.1, -0.05) is 17.8 Å². The predicted octanol–water partition coefficient (Wildman–Crippen LogP) is 4.83. The number of amides is 1. The Balaban J connectivity index is 1.49. The molecule has 0 radical (unpaired) electrons. The van der Waals surface area contributed by atoms with Crippen molar-refractivity contribution < 1.29 is 23.7 Å².